The second kappa shape index (κ2) is 8.24. The van der Waals surface area contributed by atoms with Gasteiger partial charge >= 0.3 is 12.0 Å². The highest BCUT2D eigenvalue weighted by Gasteiger charge is 2.20. The number of benzene rings is 1. The molecule has 1 aromatic heterocycles. The van der Waals surface area contributed by atoms with Crippen LogP contribution in [0.2, 0.25) is 0 Å². The molecule has 0 atom stereocenters. The quantitative estimate of drug-likeness (QED) is 0.725. The van der Waals surface area contributed by atoms with Crippen molar-refractivity contribution in [3.8, 4) is 17.4 Å². The Morgan fingerprint density at radius 3 is 2.50 bits per heavy atom. The van der Waals surface area contributed by atoms with Gasteiger partial charge in [0.2, 0.25) is 5.91 Å². The monoisotopic (exact) mass is 331 g/mol. The smallest absolute Gasteiger partial charge is 0.336 e. The number of carbonyl (C=O) groups is 2. The van der Waals surface area contributed by atoms with Crippen LogP contribution in [0.5, 0.6) is 6.01 Å². The summed E-state index contributed by atoms with van der Waals surface area (Å²) in [4.78, 5) is 28.2. The van der Waals surface area contributed by atoms with E-state index in [1.807, 2.05) is 44.2 Å². The normalized spacial score (nSPS) is 10.7. The highest BCUT2D eigenvalue weighted by Crippen LogP contribution is 2.20. The summed E-state index contributed by atoms with van der Waals surface area (Å²) in [6.07, 6.45) is -0.122. The van der Waals surface area contributed by atoms with Gasteiger partial charge in [-0.3, -0.25) is 9.59 Å². The van der Waals surface area contributed by atoms with E-state index in [1.54, 1.807) is 6.92 Å². The highest BCUT2D eigenvalue weighted by molar-refractivity contribution is 5.85. The number of rotatable bonds is 7. The molecule has 0 aliphatic carbocycles. The molecule has 7 nitrogen and oxygen atoms in total. The van der Waals surface area contributed by atoms with Crippen LogP contribution in [0.4, 0.5) is 0 Å². The molecule has 0 amide bonds. The summed E-state index contributed by atoms with van der Waals surface area (Å²) in [6.45, 7) is 5.72. The summed E-state index contributed by atoms with van der Waals surface area (Å²) in [5, 5.41) is 4.13. The molecule has 0 radical (unpaired) electrons. The van der Waals surface area contributed by atoms with E-state index in [-0.39, 0.29) is 37.5 Å². The van der Waals surface area contributed by atoms with E-state index in [2.05, 4.69) is 10.1 Å². The molecule has 0 saturated heterocycles. The number of esters is 1. The van der Waals surface area contributed by atoms with Crippen molar-refractivity contribution < 1.29 is 19.1 Å². The minimum absolute atomic E-state index is 0.00113. The van der Waals surface area contributed by atoms with Gasteiger partial charge in [0, 0.05) is 12.0 Å². The van der Waals surface area contributed by atoms with Gasteiger partial charge in [0.1, 0.15) is 0 Å². The number of ether oxygens (including phenoxy) is 2. The van der Waals surface area contributed by atoms with Crippen LogP contribution in [-0.4, -0.2) is 39.4 Å². The summed E-state index contributed by atoms with van der Waals surface area (Å²) in [5.41, 5.74) is 0.744. The molecule has 0 bridgehead atoms. The number of nitrogens with zero attached hydrogens (tertiary/aromatic N) is 3. The molecule has 0 unspecified atom stereocenters. The van der Waals surface area contributed by atoms with Crippen LogP contribution in [0.25, 0.3) is 11.4 Å². The molecule has 0 fully saturated rings. The lowest BCUT2D eigenvalue weighted by Gasteiger charge is -2.04. The molecule has 0 aliphatic heterocycles. The van der Waals surface area contributed by atoms with Gasteiger partial charge in [-0.05, 0) is 20.8 Å². The van der Waals surface area contributed by atoms with Crippen LogP contribution in [0.15, 0.2) is 30.3 Å². The van der Waals surface area contributed by atoms with Gasteiger partial charge in [0.25, 0.3) is 0 Å². The average Bonchev–Trinajstić information content (AvgIpc) is 2.97. The largest absolute Gasteiger partial charge is 0.466 e. The van der Waals surface area contributed by atoms with Crippen LogP contribution in [0.1, 0.15) is 38.4 Å². The van der Waals surface area contributed by atoms with E-state index in [1.165, 1.54) is 4.68 Å². The van der Waals surface area contributed by atoms with Gasteiger partial charge < -0.3 is 9.47 Å². The van der Waals surface area contributed by atoms with Crippen molar-refractivity contribution in [1.29, 1.82) is 0 Å². The lowest BCUT2D eigenvalue weighted by molar-refractivity contribution is -0.143. The molecule has 1 heterocycles. The SMILES string of the molecule is CCOC(=O)CCC(=O)n1nc(OC(C)C)nc1-c1ccccc1. The molecule has 7 heteroatoms. The maximum Gasteiger partial charge on any atom is 0.336 e. The van der Waals surface area contributed by atoms with E-state index in [0.29, 0.717) is 5.82 Å². The maximum atomic E-state index is 12.4. The predicted molar refractivity (Wildman–Crippen MR) is 87.7 cm³/mol. The number of hydrogen-bond acceptors (Lipinski definition) is 6. The fraction of sp³-hybridized carbons (Fsp3) is 0.412. The fourth-order valence-electron chi connectivity index (χ4n) is 2.05. The Kier molecular flexibility index (Phi) is 6.06. The Morgan fingerprint density at radius 2 is 1.88 bits per heavy atom. The summed E-state index contributed by atoms with van der Waals surface area (Å²) in [5.74, 6) is -0.362. The average molecular weight is 331 g/mol. The lowest BCUT2D eigenvalue weighted by atomic mass is 10.2. The predicted octanol–water partition coefficient (Wildman–Crippen LogP) is 2.72. The Balaban J connectivity index is 2.24. The molecule has 0 spiro atoms. The van der Waals surface area contributed by atoms with Crippen molar-refractivity contribution in [3.05, 3.63) is 30.3 Å². The van der Waals surface area contributed by atoms with Gasteiger partial charge in [-0.2, -0.15) is 9.67 Å². The Labute approximate surface area is 140 Å². The van der Waals surface area contributed by atoms with Crippen molar-refractivity contribution >= 4 is 11.9 Å². The molecule has 2 aromatic rings. The first-order valence-corrected chi connectivity index (χ1v) is 7.89. The number of hydrogen-bond donors (Lipinski definition) is 0. The molecule has 0 N–H and O–H groups in total. The van der Waals surface area contributed by atoms with Gasteiger partial charge in [-0.25, -0.2) is 0 Å². The van der Waals surface area contributed by atoms with Crippen molar-refractivity contribution in [2.45, 2.75) is 39.7 Å². The Bertz CT molecular complexity index is 695. The van der Waals surface area contributed by atoms with E-state index in [4.69, 9.17) is 9.47 Å². The summed E-state index contributed by atoms with van der Waals surface area (Å²) in [6, 6.07) is 9.36. The zero-order chi connectivity index (χ0) is 17.5. The first-order valence-electron chi connectivity index (χ1n) is 7.89. The third-order valence-electron chi connectivity index (χ3n) is 3.05. The topological polar surface area (TPSA) is 83.3 Å². The number of carbonyl (C=O) groups excluding carboxylic acids is 2. The van der Waals surface area contributed by atoms with Gasteiger partial charge in [-0.1, -0.05) is 30.3 Å². The molecule has 1 aromatic carbocycles. The van der Waals surface area contributed by atoms with E-state index in [9.17, 15) is 9.59 Å². The van der Waals surface area contributed by atoms with Crippen LogP contribution in [0.3, 0.4) is 0 Å². The third kappa shape index (κ3) is 4.65. The van der Waals surface area contributed by atoms with Gasteiger partial charge in [-0.15, -0.1) is 5.10 Å². The van der Waals surface area contributed by atoms with Crippen molar-refractivity contribution in [3.63, 3.8) is 0 Å². The minimum atomic E-state index is -0.411. The third-order valence-corrected chi connectivity index (χ3v) is 3.05. The lowest BCUT2D eigenvalue weighted by Crippen LogP contribution is -2.16. The van der Waals surface area contributed by atoms with E-state index < -0.39 is 5.97 Å². The second-order valence-corrected chi connectivity index (χ2v) is 5.36. The van der Waals surface area contributed by atoms with Crippen LogP contribution < -0.4 is 4.74 Å². The Hall–Kier alpha value is -2.70. The zero-order valence-electron chi connectivity index (χ0n) is 14.1. The molecule has 2 rings (SSSR count). The molecular formula is C17H21N3O4. The standard InChI is InChI=1S/C17H21N3O4/c1-4-23-15(22)11-10-14(21)20-16(13-8-6-5-7-9-13)18-17(19-20)24-12(2)3/h5-9,12H,4,10-11H2,1-3H3. The number of aromatic nitrogens is 3. The van der Waals surface area contributed by atoms with Crippen LogP contribution in [0, 0.1) is 0 Å². The van der Waals surface area contributed by atoms with Crippen molar-refractivity contribution in [2.75, 3.05) is 6.61 Å². The molecule has 128 valence electrons. The minimum Gasteiger partial charge on any atom is -0.466 e. The van der Waals surface area contributed by atoms with Crippen LogP contribution in [-0.2, 0) is 9.53 Å². The van der Waals surface area contributed by atoms with E-state index >= 15 is 0 Å². The summed E-state index contributed by atoms with van der Waals surface area (Å²) < 4.78 is 11.5. The first-order chi connectivity index (χ1) is 11.5. The highest BCUT2D eigenvalue weighted by atomic mass is 16.5. The van der Waals surface area contributed by atoms with Gasteiger partial charge in [0.15, 0.2) is 5.82 Å². The molecule has 0 aliphatic rings. The summed E-state index contributed by atoms with van der Waals surface area (Å²) in [7, 11) is 0. The second-order valence-electron chi connectivity index (χ2n) is 5.36. The van der Waals surface area contributed by atoms with Crippen molar-refractivity contribution in [1.82, 2.24) is 14.8 Å². The maximum absolute atomic E-state index is 12.4. The first kappa shape index (κ1) is 17.7. The Morgan fingerprint density at radius 1 is 1.17 bits per heavy atom. The van der Waals surface area contributed by atoms with Gasteiger partial charge in [0.05, 0.1) is 19.1 Å². The molecule has 24 heavy (non-hydrogen) atoms. The fourth-order valence-corrected chi connectivity index (χ4v) is 2.05. The van der Waals surface area contributed by atoms with Crippen molar-refractivity contribution in [2.24, 2.45) is 0 Å². The van der Waals surface area contributed by atoms with E-state index in [0.717, 1.165) is 5.56 Å². The van der Waals surface area contributed by atoms with Crippen LogP contribution >= 0.6 is 0 Å². The summed E-state index contributed by atoms with van der Waals surface area (Å²) >= 11 is 0. The zero-order valence-corrected chi connectivity index (χ0v) is 14.1. The molecule has 0 saturated carbocycles. The molecular weight excluding hydrogens is 310 g/mol.